The van der Waals surface area contributed by atoms with E-state index in [1.165, 1.54) is 44.2 Å². The predicted molar refractivity (Wildman–Crippen MR) is 124 cm³/mol. The Kier molecular flexibility index (Phi) is 7.04. The van der Waals surface area contributed by atoms with E-state index >= 15 is 0 Å². The lowest BCUT2D eigenvalue weighted by molar-refractivity contribution is -0.117. The van der Waals surface area contributed by atoms with Crippen molar-refractivity contribution in [2.45, 2.75) is 31.7 Å². The molecular formula is C22H23N5O5S. The number of amides is 2. The molecule has 1 atom stereocenters. The number of hydrogen-bond donors (Lipinski definition) is 4. The van der Waals surface area contributed by atoms with Crippen molar-refractivity contribution in [3.05, 3.63) is 70.6 Å². The first kappa shape index (κ1) is 23.8. The molecule has 0 aliphatic heterocycles. The zero-order valence-corrected chi connectivity index (χ0v) is 19.0. The van der Waals surface area contributed by atoms with Crippen LogP contribution in [0.2, 0.25) is 0 Å². The van der Waals surface area contributed by atoms with Gasteiger partial charge in [0.25, 0.3) is 5.56 Å². The number of nitrogens with one attached hydrogen (secondary N) is 4. The van der Waals surface area contributed by atoms with Gasteiger partial charge in [-0.15, -0.1) is 0 Å². The zero-order chi connectivity index (χ0) is 24.2. The molecule has 2 amide bonds. The van der Waals surface area contributed by atoms with E-state index in [0.717, 1.165) is 0 Å². The van der Waals surface area contributed by atoms with E-state index in [9.17, 15) is 22.8 Å². The summed E-state index contributed by atoms with van der Waals surface area (Å²) in [5.41, 5.74) is 1.71. The number of rotatable bonds is 7. The SMILES string of the molecule is CC(=O)Nc1ccc(S(=O)(=O)N[C@@H](C)C(=O)Nc2cccc(-c3nc(C)cc(=O)[nH]3)c2)cc1. The van der Waals surface area contributed by atoms with E-state index in [-0.39, 0.29) is 16.4 Å². The number of H-pyrrole nitrogens is 1. The van der Waals surface area contributed by atoms with Crippen LogP contribution in [0.25, 0.3) is 11.4 Å². The fourth-order valence-corrected chi connectivity index (χ4v) is 4.19. The summed E-state index contributed by atoms with van der Waals surface area (Å²) < 4.78 is 27.6. The maximum atomic E-state index is 12.6. The van der Waals surface area contributed by atoms with E-state index in [1.54, 1.807) is 31.2 Å². The standard InChI is InChI=1S/C22H23N5O5S/c1-13-11-20(29)26-21(23-13)16-5-4-6-18(12-16)25-22(30)14(2)27-33(31,32)19-9-7-17(8-10-19)24-15(3)28/h4-12,14,27H,1-3H3,(H,24,28)(H,25,30)(H,23,26,29)/t14-/m0/s1. The highest BCUT2D eigenvalue weighted by Gasteiger charge is 2.22. The van der Waals surface area contributed by atoms with Crippen molar-refractivity contribution in [1.82, 2.24) is 14.7 Å². The number of carbonyl (C=O) groups excluding carboxylic acids is 2. The van der Waals surface area contributed by atoms with Crippen LogP contribution in [0.5, 0.6) is 0 Å². The van der Waals surface area contributed by atoms with Gasteiger partial charge in [-0.1, -0.05) is 12.1 Å². The third-order valence-electron chi connectivity index (χ3n) is 4.48. The topological polar surface area (TPSA) is 150 Å². The van der Waals surface area contributed by atoms with Crippen LogP contribution in [0.15, 0.2) is 64.3 Å². The van der Waals surface area contributed by atoms with Crippen molar-refractivity contribution in [1.29, 1.82) is 0 Å². The highest BCUT2D eigenvalue weighted by molar-refractivity contribution is 7.89. The summed E-state index contributed by atoms with van der Waals surface area (Å²) in [6.07, 6.45) is 0. The second kappa shape index (κ2) is 9.76. The lowest BCUT2D eigenvalue weighted by Gasteiger charge is -2.15. The lowest BCUT2D eigenvalue weighted by atomic mass is 10.1. The average Bonchev–Trinajstić information content (AvgIpc) is 2.73. The Balaban J connectivity index is 1.70. The molecule has 0 aliphatic carbocycles. The van der Waals surface area contributed by atoms with Crippen LogP contribution in [0.3, 0.4) is 0 Å². The summed E-state index contributed by atoms with van der Waals surface area (Å²) in [6.45, 7) is 4.46. The smallest absolute Gasteiger partial charge is 0.251 e. The second-order valence-corrected chi connectivity index (χ2v) is 9.07. The minimum absolute atomic E-state index is 0.0484. The number of nitrogens with zero attached hydrogens (tertiary/aromatic N) is 1. The lowest BCUT2D eigenvalue weighted by Crippen LogP contribution is -2.41. The normalized spacial score (nSPS) is 12.1. The predicted octanol–water partition coefficient (Wildman–Crippen LogP) is 2.01. The molecule has 172 valence electrons. The molecule has 0 unspecified atom stereocenters. The summed E-state index contributed by atoms with van der Waals surface area (Å²) in [7, 11) is -3.98. The van der Waals surface area contributed by atoms with E-state index in [0.29, 0.717) is 28.5 Å². The van der Waals surface area contributed by atoms with Crippen molar-refractivity contribution < 1.29 is 18.0 Å². The van der Waals surface area contributed by atoms with Crippen molar-refractivity contribution >= 4 is 33.2 Å². The number of carbonyl (C=O) groups is 2. The summed E-state index contributed by atoms with van der Waals surface area (Å²) >= 11 is 0. The van der Waals surface area contributed by atoms with Gasteiger partial charge in [0, 0.05) is 35.6 Å². The first-order chi connectivity index (χ1) is 15.5. The fourth-order valence-electron chi connectivity index (χ4n) is 2.99. The highest BCUT2D eigenvalue weighted by Crippen LogP contribution is 2.19. The Labute approximate surface area is 190 Å². The van der Waals surface area contributed by atoms with E-state index in [2.05, 4.69) is 25.3 Å². The maximum Gasteiger partial charge on any atom is 0.251 e. The Morgan fingerprint density at radius 1 is 1.00 bits per heavy atom. The molecule has 0 radical (unpaired) electrons. The minimum Gasteiger partial charge on any atom is -0.326 e. The van der Waals surface area contributed by atoms with Gasteiger partial charge < -0.3 is 15.6 Å². The van der Waals surface area contributed by atoms with E-state index < -0.39 is 22.0 Å². The van der Waals surface area contributed by atoms with Crippen LogP contribution in [-0.4, -0.2) is 36.2 Å². The summed E-state index contributed by atoms with van der Waals surface area (Å²) in [5, 5.41) is 5.20. The van der Waals surface area contributed by atoms with Crippen molar-refractivity contribution in [2.24, 2.45) is 0 Å². The van der Waals surface area contributed by atoms with Gasteiger partial charge in [-0.3, -0.25) is 14.4 Å². The first-order valence-corrected chi connectivity index (χ1v) is 11.4. The monoisotopic (exact) mass is 469 g/mol. The van der Waals surface area contributed by atoms with Gasteiger partial charge in [0.15, 0.2) is 0 Å². The van der Waals surface area contributed by atoms with Gasteiger partial charge in [-0.2, -0.15) is 4.72 Å². The van der Waals surface area contributed by atoms with Gasteiger partial charge in [0.05, 0.1) is 10.9 Å². The number of benzene rings is 2. The Morgan fingerprint density at radius 2 is 1.70 bits per heavy atom. The number of aryl methyl sites for hydroxylation is 1. The van der Waals surface area contributed by atoms with Crippen LogP contribution in [-0.2, 0) is 19.6 Å². The van der Waals surface area contributed by atoms with E-state index in [1.807, 2.05) is 0 Å². The third kappa shape index (κ3) is 6.34. The molecule has 33 heavy (non-hydrogen) atoms. The molecule has 0 bridgehead atoms. The van der Waals surface area contributed by atoms with Crippen LogP contribution in [0.4, 0.5) is 11.4 Å². The van der Waals surface area contributed by atoms with Crippen LogP contribution in [0, 0.1) is 6.92 Å². The van der Waals surface area contributed by atoms with Crippen molar-refractivity contribution in [3.8, 4) is 11.4 Å². The molecule has 0 fully saturated rings. The van der Waals surface area contributed by atoms with Crippen LogP contribution >= 0.6 is 0 Å². The zero-order valence-electron chi connectivity index (χ0n) is 18.2. The van der Waals surface area contributed by atoms with Crippen LogP contribution < -0.4 is 20.9 Å². The molecule has 10 nitrogen and oxygen atoms in total. The number of aromatic nitrogens is 2. The molecule has 1 heterocycles. The minimum atomic E-state index is -3.98. The molecule has 0 saturated heterocycles. The van der Waals surface area contributed by atoms with Gasteiger partial charge in [-0.25, -0.2) is 13.4 Å². The van der Waals surface area contributed by atoms with Gasteiger partial charge in [0.1, 0.15) is 5.82 Å². The maximum absolute atomic E-state index is 12.6. The third-order valence-corrected chi connectivity index (χ3v) is 6.04. The average molecular weight is 470 g/mol. The molecule has 2 aromatic carbocycles. The van der Waals surface area contributed by atoms with Gasteiger partial charge in [-0.05, 0) is 50.2 Å². The number of anilines is 2. The molecule has 0 aliphatic rings. The molecule has 0 spiro atoms. The Bertz CT molecular complexity index is 1350. The quantitative estimate of drug-likeness (QED) is 0.416. The van der Waals surface area contributed by atoms with Crippen LogP contribution in [0.1, 0.15) is 19.5 Å². The van der Waals surface area contributed by atoms with Crippen molar-refractivity contribution in [2.75, 3.05) is 10.6 Å². The molecule has 11 heteroatoms. The fraction of sp³-hybridized carbons (Fsp3) is 0.182. The van der Waals surface area contributed by atoms with Crippen molar-refractivity contribution in [3.63, 3.8) is 0 Å². The largest absolute Gasteiger partial charge is 0.326 e. The van der Waals surface area contributed by atoms with Gasteiger partial charge >= 0.3 is 0 Å². The number of sulfonamides is 1. The summed E-state index contributed by atoms with van der Waals surface area (Å²) in [4.78, 5) is 42.3. The molecular weight excluding hydrogens is 446 g/mol. The molecule has 1 aromatic heterocycles. The Hall–Kier alpha value is -3.83. The number of hydrogen-bond acceptors (Lipinski definition) is 6. The molecule has 0 saturated carbocycles. The molecule has 3 rings (SSSR count). The molecule has 4 N–H and O–H groups in total. The first-order valence-electron chi connectivity index (χ1n) is 9.93. The van der Waals surface area contributed by atoms with E-state index in [4.69, 9.17) is 0 Å². The second-order valence-electron chi connectivity index (χ2n) is 7.35. The molecule has 3 aromatic rings. The summed E-state index contributed by atoms with van der Waals surface area (Å²) in [5.74, 6) is -0.494. The van der Waals surface area contributed by atoms with Gasteiger partial charge in [0.2, 0.25) is 21.8 Å². The highest BCUT2D eigenvalue weighted by atomic mass is 32.2. The Morgan fingerprint density at radius 3 is 2.33 bits per heavy atom. The number of aromatic amines is 1. The summed E-state index contributed by atoms with van der Waals surface area (Å²) in [6, 6.07) is 12.5.